The first-order valence-corrected chi connectivity index (χ1v) is 5.35. The van der Waals surface area contributed by atoms with Crippen molar-refractivity contribution in [1.82, 2.24) is 20.1 Å². The Labute approximate surface area is 99.3 Å². The van der Waals surface area contributed by atoms with Crippen molar-refractivity contribution in [2.45, 2.75) is 27.2 Å². The van der Waals surface area contributed by atoms with Crippen LogP contribution in [0.25, 0.3) is 11.6 Å². The predicted octanol–water partition coefficient (Wildman–Crippen LogP) is 1.70. The van der Waals surface area contributed by atoms with Gasteiger partial charge in [-0.1, -0.05) is 25.9 Å². The van der Waals surface area contributed by atoms with Gasteiger partial charge in [-0.2, -0.15) is 4.98 Å². The van der Waals surface area contributed by atoms with Crippen molar-refractivity contribution >= 4 is 5.82 Å². The SMILES string of the molecule is CC(C)(C)Cc1noc(-c2nccnc2N)n1. The third-order valence-corrected chi connectivity index (χ3v) is 2.09. The van der Waals surface area contributed by atoms with Crippen LogP contribution in [0.5, 0.6) is 0 Å². The lowest BCUT2D eigenvalue weighted by Crippen LogP contribution is -2.10. The summed E-state index contributed by atoms with van der Waals surface area (Å²) in [4.78, 5) is 12.3. The highest BCUT2D eigenvalue weighted by molar-refractivity contribution is 5.61. The van der Waals surface area contributed by atoms with Gasteiger partial charge in [-0.25, -0.2) is 9.97 Å². The summed E-state index contributed by atoms with van der Waals surface area (Å²) in [7, 11) is 0. The molecule has 2 rings (SSSR count). The summed E-state index contributed by atoms with van der Waals surface area (Å²) >= 11 is 0. The summed E-state index contributed by atoms with van der Waals surface area (Å²) in [5.41, 5.74) is 6.22. The van der Waals surface area contributed by atoms with Crippen LogP contribution < -0.4 is 5.73 Å². The molecule has 6 heteroatoms. The summed E-state index contributed by atoms with van der Waals surface area (Å²) in [6.07, 6.45) is 3.79. The molecule has 2 heterocycles. The Kier molecular flexibility index (Phi) is 2.79. The van der Waals surface area contributed by atoms with E-state index in [0.717, 1.165) is 6.42 Å². The fraction of sp³-hybridized carbons (Fsp3) is 0.455. The van der Waals surface area contributed by atoms with Gasteiger partial charge in [-0.05, 0) is 5.41 Å². The minimum atomic E-state index is 0.106. The first-order valence-electron chi connectivity index (χ1n) is 5.35. The predicted molar refractivity (Wildman–Crippen MR) is 62.9 cm³/mol. The van der Waals surface area contributed by atoms with Crippen molar-refractivity contribution in [2.24, 2.45) is 5.41 Å². The first kappa shape index (κ1) is 11.5. The molecule has 0 atom stereocenters. The number of nitrogens with two attached hydrogens (primary N) is 1. The summed E-state index contributed by atoms with van der Waals surface area (Å²) in [6, 6.07) is 0. The second-order valence-electron chi connectivity index (χ2n) is 5.04. The largest absolute Gasteiger partial charge is 0.382 e. The van der Waals surface area contributed by atoms with E-state index >= 15 is 0 Å². The molecule has 2 aromatic rings. The van der Waals surface area contributed by atoms with Gasteiger partial charge in [0.15, 0.2) is 17.3 Å². The average molecular weight is 233 g/mol. The smallest absolute Gasteiger partial charge is 0.280 e. The van der Waals surface area contributed by atoms with E-state index in [4.69, 9.17) is 10.3 Å². The average Bonchev–Trinajstić information content (AvgIpc) is 2.64. The number of hydrogen-bond donors (Lipinski definition) is 1. The second kappa shape index (κ2) is 4.12. The maximum absolute atomic E-state index is 5.69. The van der Waals surface area contributed by atoms with Gasteiger partial charge in [0.25, 0.3) is 5.89 Å². The molecule has 0 spiro atoms. The van der Waals surface area contributed by atoms with Gasteiger partial charge in [-0.3, -0.25) is 0 Å². The third kappa shape index (κ3) is 2.77. The third-order valence-electron chi connectivity index (χ3n) is 2.09. The molecular weight excluding hydrogens is 218 g/mol. The molecule has 0 saturated heterocycles. The Morgan fingerprint density at radius 3 is 2.59 bits per heavy atom. The van der Waals surface area contributed by atoms with E-state index in [9.17, 15) is 0 Å². The molecule has 0 unspecified atom stereocenters. The van der Waals surface area contributed by atoms with Crippen molar-refractivity contribution < 1.29 is 4.52 Å². The minimum Gasteiger partial charge on any atom is -0.382 e. The van der Waals surface area contributed by atoms with Crippen LogP contribution in [0.15, 0.2) is 16.9 Å². The fourth-order valence-electron chi connectivity index (χ4n) is 1.41. The van der Waals surface area contributed by atoms with Gasteiger partial charge in [-0.15, -0.1) is 0 Å². The van der Waals surface area contributed by atoms with E-state index in [1.165, 1.54) is 6.20 Å². The number of anilines is 1. The molecule has 0 fully saturated rings. The zero-order valence-electron chi connectivity index (χ0n) is 10.1. The summed E-state index contributed by atoms with van der Waals surface area (Å²) in [5, 5.41) is 3.91. The topological polar surface area (TPSA) is 90.7 Å². The van der Waals surface area contributed by atoms with Crippen molar-refractivity contribution in [2.75, 3.05) is 5.73 Å². The Balaban J connectivity index is 2.28. The van der Waals surface area contributed by atoms with E-state index in [1.807, 2.05) is 0 Å². The van der Waals surface area contributed by atoms with Crippen molar-refractivity contribution in [1.29, 1.82) is 0 Å². The molecule has 0 radical (unpaired) electrons. The van der Waals surface area contributed by atoms with Crippen LogP contribution in [-0.4, -0.2) is 20.1 Å². The molecule has 0 aliphatic carbocycles. The second-order valence-corrected chi connectivity index (χ2v) is 5.04. The maximum Gasteiger partial charge on any atom is 0.280 e. The van der Waals surface area contributed by atoms with E-state index in [-0.39, 0.29) is 5.41 Å². The van der Waals surface area contributed by atoms with Gasteiger partial charge in [0, 0.05) is 18.8 Å². The lowest BCUT2D eigenvalue weighted by molar-refractivity contribution is 0.374. The van der Waals surface area contributed by atoms with E-state index in [0.29, 0.717) is 23.2 Å². The molecule has 2 N–H and O–H groups in total. The van der Waals surface area contributed by atoms with Gasteiger partial charge >= 0.3 is 0 Å². The van der Waals surface area contributed by atoms with Crippen LogP contribution in [0.4, 0.5) is 5.82 Å². The van der Waals surface area contributed by atoms with Gasteiger partial charge in [0.05, 0.1) is 0 Å². The summed E-state index contributed by atoms with van der Waals surface area (Å²) in [5.74, 6) is 1.26. The molecule has 0 aromatic carbocycles. The highest BCUT2D eigenvalue weighted by atomic mass is 16.5. The lowest BCUT2D eigenvalue weighted by atomic mass is 9.92. The van der Waals surface area contributed by atoms with Crippen molar-refractivity contribution in [3.63, 3.8) is 0 Å². The Hall–Kier alpha value is -1.98. The van der Waals surface area contributed by atoms with Gasteiger partial charge in [0.1, 0.15) is 0 Å². The number of aromatic nitrogens is 4. The first-order chi connectivity index (χ1) is 7.96. The molecule has 0 amide bonds. The summed E-state index contributed by atoms with van der Waals surface area (Å²) in [6.45, 7) is 6.33. The molecule has 90 valence electrons. The quantitative estimate of drug-likeness (QED) is 0.848. The molecule has 0 aliphatic rings. The number of nitrogen functional groups attached to an aromatic ring is 1. The normalized spacial score (nSPS) is 11.7. The van der Waals surface area contributed by atoms with Crippen LogP contribution in [0.2, 0.25) is 0 Å². The van der Waals surface area contributed by atoms with Crippen LogP contribution in [0.1, 0.15) is 26.6 Å². The Morgan fingerprint density at radius 2 is 1.94 bits per heavy atom. The standard InChI is InChI=1S/C11H15N5O/c1-11(2,3)6-7-15-10(17-16-7)8-9(12)14-5-4-13-8/h4-5H,6H2,1-3H3,(H2,12,14). The van der Waals surface area contributed by atoms with Crippen LogP contribution >= 0.6 is 0 Å². The lowest BCUT2D eigenvalue weighted by Gasteiger charge is -2.14. The van der Waals surface area contributed by atoms with Gasteiger partial charge < -0.3 is 10.3 Å². The number of hydrogen-bond acceptors (Lipinski definition) is 6. The fourth-order valence-corrected chi connectivity index (χ4v) is 1.41. The monoisotopic (exact) mass is 233 g/mol. The van der Waals surface area contributed by atoms with Crippen LogP contribution in [0.3, 0.4) is 0 Å². The number of rotatable bonds is 2. The highest BCUT2D eigenvalue weighted by Crippen LogP contribution is 2.22. The van der Waals surface area contributed by atoms with Crippen LogP contribution in [-0.2, 0) is 6.42 Å². The Bertz CT molecular complexity index is 515. The van der Waals surface area contributed by atoms with E-state index in [1.54, 1.807) is 6.20 Å². The Morgan fingerprint density at radius 1 is 1.24 bits per heavy atom. The molecule has 17 heavy (non-hydrogen) atoms. The number of nitrogens with zero attached hydrogens (tertiary/aromatic N) is 4. The molecule has 0 saturated carbocycles. The van der Waals surface area contributed by atoms with E-state index in [2.05, 4.69) is 40.9 Å². The minimum absolute atomic E-state index is 0.106. The molecule has 0 aliphatic heterocycles. The zero-order chi connectivity index (χ0) is 12.5. The molecule has 0 bridgehead atoms. The van der Waals surface area contributed by atoms with Gasteiger partial charge in [0.2, 0.25) is 0 Å². The molecular formula is C11H15N5O. The zero-order valence-corrected chi connectivity index (χ0v) is 10.1. The summed E-state index contributed by atoms with van der Waals surface area (Å²) < 4.78 is 5.13. The van der Waals surface area contributed by atoms with Crippen LogP contribution in [0, 0.1) is 5.41 Å². The molecule has 6 nitrogen and oxygen atoms in total. The highest BCUT2D eigenvalue weighted by Gasteiger charge is 2.18. The molecule has 2 aromatic heterocycles. The maximum atomic E-state index is 5.69. The van der Waals surface area contributed by atoms with Crippen molar-refractivity contribution in [3.05, 3.63) is 18.2 Å². The van der Waals surface area contributed by atoms with Crippen molar-refractivity contribution in [3.8, 4) is 11.6 Å². The van der Waals surface area contributed by atoms with E-state index < -0.39 is 0 Å².